The number of nitrogens with one attached hydrogen (secondary N) is 2. The Kier molecular flexibility index (Phi) is 5.45. The molecule has 10 heteroatoms. The van der Waals surface area contributed by atoms with Crippen LogP contribution in [0.1, 0.15) is 13.8 Å². The van der Waals surface area contributed by atoms with Crippen LogP contribution in [0.25, 0.3) is 11.3 Å². The number of hydrogen-bond acceptors (Lipinski definition) is 7. The fourth-order valence-electron chi connectivity index (χ4n) is 2.96. The molecular weight excluding hydrogens is 413 g/mol. The van der Waals surface area contributed by atoms with E-state index in [1.54, 1.807) is 24.3 Å². The minimum atomic E-state index is -4.78. The van der Waals surface area contributed by atoms with Crippen LogP contribution < -0.4 is 24.8 Å². The van der Waals surface area contributed by atoms with Gasteiger partial charge >= 0.3 is 6.36 Å². The molecule has 162 valence electrons. The number of ether oxygens (including phenoxy) is 3. The molecule has 4 rings (SSSR count). The molecule has 2 aromatic carbocycles. The first-order chi connectivity index (χ1) is 14.7. The Balaban J connectivity index is 1.67. The van der Waals surface area contributed by atoms with Crippen LogP contribution in [-0.2, 0) is 0 Å². The summed E-state index contributed by atoms with van der Waals surface area (Å²) < 4.78 is 52.5. The fourth-order valence-corrected chi connectivity index (χ4v) is 2.96. The van der Waals surface area contributed by atoms with Crippen LogP contribution in [0.3, 0.4) is 0 Å². The van der Waals surface area contributed by atoms with Gasteiger partial charge in [-0.05, 0) is 38.1 Å². The van der Waals surface area contributed by atoms with Crippen molar-refractivity contribution in [2.24, 2.45) is 0 Å². The van der Waals surface area contributed by atoms with Gasteiger partial charge in [0.25, 0.3) is 0 Å². The molecule has 2 heterocycles. The maximum atomic E-state index is 12.6. The van der Waals surface area contributed by atoms with Gasteiger partial charge < -0.3 is 24.8 Å². The molecule has 0 saturated heterocycles. The second kappa shape index (κ2) is 8.21. The molecule has 0 radical (unpaired) electrons. The predicted molar refractivity (Wildman–Crippen MR) is 109 cm³/mol. The zero-order chi connectivity index (χ0) is 22.0. The normalized spacial score (nSPS) is 12.7. The van der Waals surface area contributed by atoms with Crippen LogP contribution in [0, 0.1) is 0 Å². The first-order valence-corrected chi connectivity index (χ1v) is 9.44. The van der Waals surface area contributed by atoms with E-state index in [4.69, 9.17) is 9.47 Å². The van der Waals surface area contributed by atoms with Crippen molar-refractivity contribution < 1.29 is 27.4 Å². The topological polar surface area (TPSA) is 77.5 Å². The van der Waals surface area contributed by atoms with E-state index in [0.29, 0.717) is 40.2 Å². The number of benzene rings is 2. The molecule has 3 aromatic rings. The molecule has 0 unspecified atom stereocenters. The van der Waals surface area contributed by atoms with Gasteiger partial charge in [-0.25, -0.2) is 4.98 Å². The van der Waals surface area contributed by atoms with Gasteiger partial charge in [0.15, 0.2) is 11.5 Å². The maximum Gasteiger partial charge on any atom is 0.573 e. The number of nitrogens with zero attached hydrogens (tertiary/aromatic N) is 2. The molecule has 0 spiro atoms. The van der Waals surface area contributed by atoms with Crippen LogP contribution >= 0.6 is 0 Å². The van der Waals surface area contributed by atoms with E-state index in [2.05, 4.69) is 25.3 Å². The Morgan fingerprint density at radius 2 is 1.81 bits per heavy atom. The van der Waals surface area contributed by atoms with Crippen molar-refractivity contribution in [1.29, 1.82) is 0 Å². The van der Waals surface area contributed by atoms with E-state index in [0.717, 1.165) is 0 Å². The van der Waals surface area contributed by atoms with Crippen LogP contribution in [0.4, 0.5) is 30.6 Å². The summed E-state index contributed by atoms with van der Waals surface area (Å²) in [4.78, 5) is 8.89. The maximum absolute atomic E-state index is 12.6. The lowest BCUT2D eigenvalue weighted by Gasteiger charge is -2.14. The summed E-state index contributed by atoms with van der Waals surface area (Å²) in [6.45, 7) is 4.02. The lowest BCUT2D eigenvalue weighted by Crippen LogP contribution is -2.17. The van der Waals surface area contributed by atoms with Gasteiger partial charge in [-0.1, -0.05) is 12.1 Å². The summed E-state index contributed by atoms with van der Waals surface area (Å²) in [7, 11) is 0. The number of aromatic nitrogens is 2. The van der Waals surface area contributed by atoms with E-state index in [1.165, 1.54) is 18.2 Å². The SMILES string of the molecule is CC(C)Nc1nc(Nc2ccc3c(c2)OCO3)cc(-c2cccc(OC(F)(F)F)c2)n1. The van der Waals surface area contributed by atoms with E-state index in [9.17, 15) is 13.2 Å². The predicted octanol–water partition coefficient (Wildman–Crippen LogP) is 5.33. The standard InChI is InChI=1S/C21H19F3N4O3/c1-12(2)25-20-27-16(13-4-3-5-15(8-13)31-21(22,23)24)10-19(28-20)26-14-6-7-17-18(9-14)30-11-29-17/h3-10,12H,11H2,1-2H3,(H2,25,26,27,28). The third-order valence-corrected chi connectivity index (χ3v) is 4.15. The average molecular weight is 432 g/mol. The molecule has 0 atom stereocenters. The van der Waals surface area contributed by atoms with Gasteiger partial charge in [-0.2, -0.15) is 4.98 Å². The largest absolute Gasteiger partial charge is 0.573 e. The van der Waals surface area contributed by atoms with Crippen molar-refractivity contribution >= 4 is 17.5 Å². The van der Waals surface area contributed by atoms with Crippen molar-refractivity contribution in [3.63, 3.8) is 0 Å². The molecule has 0 amide bonds. The summed E-state index contributed by atoms with van der Waals surface area (Å²) in [6, 6.07) is 12.7. The molecule has 7 nitrogen and oxygen atoms in total. The number of hydrogen-bond donors (Lipinski definition) is 2. The highest BCUT2D eigenvalue weighted by Gasteiger charge is 2.31. The molecule has 0 aliphatic carbocycles. The first-order valence-electron chi connectivity index (χ1n) is 9.44. The molecule has 1 aliphatic heterocycles. The monoisotopic (exact) mass is 432 g/mol. The summed E-state index contributed by atoms with van der Waals surface area (Å²) in [5.41, 5.74) is 1.58. The lowest BCUT2D eigenvalue weighted by atomic mass is 10.1. The molecule has 0 fully saturated rings. The molecule has 1 aliphatic rings. The van der Waals surface area contributed by atoms with Crippen molar-refractivity contribution in [3.8, 4) is 28.5 Å². The highest BCUT2D eigenvalue weighted by Crippen LogP contribution is 2.35. The number of halogens is 3. The zero-order valence-corrected chi connectivity index (χ0v) is 16.7. The Labute approximate surface area is 176 Å². The summed E-state index contributed by atoms with van der Waals surface area (Å²) in [5, 5.41) is 6.29. The molecule has 0 saturated carbocycles. The van der Waals surface area contributed by atoms with Gasteiger partial charge in [0.05, 0.1) is 5.69 Å². The van der Waals surface area contributed by atoms with Gasteiger partial charge in [0.2, 0.25) is 12.7 Å². The van der Waals surface area contributed by atoms with Crippen molar-refractivity contribution in [3.05, 3.63) is 48.5 Å². The van der Waals surface area contributed by atoms with Crippen LogP contribution in [-0.4, -0.2) is 29.2 Å². The van der Waals surface area contributed by atoms with Gasteiger partial charge in [0.1, 0.15) is 11.6 Å². The van der Waals surface area contributed by atoms with Gasteiger partial charge in [0, 0.05) is 29.4 Å². The van der Waals surface area contributed by atoms with Crippen LogP contribution in [0.2, 0.25) is 0 Å². The Bertz CT molecular complexity index is 1090. The van der Waals surface area contributed by atoms with Crippen molar-refractivity contribution in [2.75, 3.05) is 17.4 Å². The lowest BCUT2D eigenvalue weighted by molar-refractivity contribution is -0.274. The van der Waals surface area contributed by atoms with E-state index < -0.39 is 6.36 Å². The average Bonchev–Trinajstić information content (AvgIpc) is 3.14. The van der Waals surface area contributed by atoms with Gasteiger partial charge in [-0.3, -0.25) is 0 Å². The number of alkyl halides is 3. The first kappa shape index (κ1) is 20.6. The van der Waals surface area contributed by atoms with Crippen LogP contribution in [0.5, 0.6) is 17.2 Å². The second-order valence-electron chi connectivity index (χ2n) is 7.03. The fraction of sp³-hybridized carbons (Fsp3) is 0.238. The van der Waals surface area contributed by atoms with Crippen LogP contribution in [0.15, 0.2) is 48.5 Å². The zero-order valence-electron chi connectivity index (χ0n) is 16.7. The summed E-state index contributed by atoms with van der Waals surface area (Å²) in [5.74, 6) is 1.72. The molecule has 1 aromatic heterocycles. The number of anilines is 3. The quantitative estimate of drug-likeness (QED) is 0.545. The Morgan fingerprint density at radius 3 is 2.58 bits per heavy atom. The van der Waals surface area contributed by atoms with E-state index in [-0.39, 0.29) is 18.6 Å². The van der Waals surface area contributed by atoms with Gasteiger partial charge in [-0.15, -0.1) is 13.2 Å². The highest BCUT2D eigenvalue weighted by molar-refractivity contribution is 5.69. The molecule has 2 N–H and O–H groups in total. The third kappa shape index (κ3) is 5.27. The van der Waals surface area contributed by atoms with E-state index in [1.807, 2.05) is 19.9 Å². The Morgan fingerprint density at radius 1 is 1.00 bits per heavy atom. The number of rotatable bonds is 6. The smallest absolute Gasteiger partial charge is 0.454 e. The minimum absolute atomic E-state index is 0.0496. The highest BCUT2D eigenvalue weighted by atomic mass is 19.4. The molecule has 0 bridgehead atoms. The summed E-state index contributed by atoms with van der Waals surface area (Å²) >= 11 is 0. The number of fused-ring (bicyclic) bond motifs is 1. The summed E-state index contributed by atoms with van der Waals surface area (Å²) in [6.07, 6.45) is -4.78. The minimum Gasteiger partial charge on any atom is -0.454 e. The molecular formula is C21H19F3N4O3. The van der Waals surface area contributed by atoms with Crippen molar-refractivity contribution in [2.45, 2.75) is 26.3 Å². The second-order valence-corrected chi connectivity index (χ2v) is 7.03. The van der Waals surface area contributed by atoms with E-state index >= 15 is 0 Å². The van der Waals surface area contributed by atoms with Crippen molar-refractivity contribution in [1.82, 2.24) is 9.97 Å². The third-order valence-electron chi connectivity index (χ3n) is 4.15. The molecule has 31 heavy (non-hydrogen) atoms. The Hall–Kier alpha value is -3.69.